The van der Waals surface area contributed by atoms with Gasteiger partial charge in [0.1, 0.15) is 18.3 Å². The van der Waals surface area contributed by atoms with Crippen LogP contribution in [0, 0.1) is 6.92 Å². The first-order valence-corrected chi connectivity index (χ1v) is 6.22. The number of imide groups is 1. The molecule has 1 aliphatic heterocycles. The van der Waals surface area contributed by atoms with E-state index in [2.05, 4.69) is 5.32 Å². The zero-order valence-electron chi connectivity index (χ0n) is 11.3. The molecule has 0 saturated carbocycles. The molecule has 1 aromatic heterocycles. The Labute approximate surface area is 111 Å². The number of nitrogens with one attached hydrogen (secondary N) is 1. The van der Waals surface area contributed by atoms with Crippen LogP contribution < -0.4 is 5.32 Å². The maximum Gasteiger partial charge on any atom is 0.271 e. The van der Waals surface area contributed by atoms with E-state index in [9.17, 15) is 14.4 Å². The summed E-state index contributed by atoms with van der Waals surface area (Å²) >= 11 is 0. The Hall–Kier alpha value is -2.11. The molecule has 102 valence electrons. The van der Waals surface area contributed by atoms with Crippen LogP contribution >= 0.6 is 0 Å². The minimum Gasteiger partial charge on any atom is -0.344 e. The number of carbonyl (C=O) groups is 3. The maximum atomic E-state index is 12.5. The largest absolute Gasteiger partial charge is 0.344 e. The number of hydrogen-bond acceptors (Lipinski definition) is 3. The van der Waals surface area contributed by atoms with Crippen molar-refractivity contribution in [3.05, 3.63) is 23.5 Å². The van der Waals surface area contributed by atoms with Gasteiger partial charge in [-0.15, -0.1) is 0 Å². The normalized spacial score (nSPS) is 19.5. The summed E-state index contributed by atoms with van der Waals surface area (Å²) in [4.78, 5) is 37.0. The van der Waals surface area contributed by atoms with Gasteiger partial charge in [0.15, 0.2) is 0 Å². The van der Waals surface area contributed by atoms with Gasteiger partial charge in [-0.05, 0) is 25.5 Å². The molecule has 1 N–H and O–H groups in total. The van der Waals surface area contributed by atoms with Crippen molar-refractivity contribution in [3.63, 3.8) is 0 Å². The van der Waals surface area contributed by atoms with Crippen molar-refractivity contribution < 1.29 is 14.4 Å². The zero-order chi connectivity index (χ0) is 14.2. The Bertz CT molecular complexity index is 547. The molecule has 2 heterocycles. The molecule has 0 aromatic carbocycles. The first-order chi connectivity index (χ1) is 8.95. The third kappa shape index (κ3) is 2.25. The molecular weight excluding hydrogens is 246 g/mol. The van der Waals surface area contributed by atoms with Gasteiger partial charge < -0.3 is 9.47 Å². The van der Waals surface area contributed by atoms with Gasteiger partial charge in [-0.2, -0.15) is 0 Å². The molecule has 1 unspecified atom stereocenters. The summed E-state index contributed by atoms with van der Waals surface area (Å²) in [5.74, 6) is -1.13. The predicted molar refractivity (Wildman–Crippen MR) is 68.4 cm³/mol. The second-order valence-corrected chi connectivity index (χ2v) is 4.69. The number of carbonyl (C=O) groups excluding carboxylic acids is 3. The fourth-order valence-corrected chi connectivity index (χ4v) is 2.26. The summed E-state index contributed by atoms with van der Waals surface area (Å²) in [6.07, 6.45) is 0.480. The molecule has 1 aliphatic rings. The van der Waals surface area contributed by atoms with Crippen LogP contribution in [0.5, 0.6) is 0 Å². The number of rotatable bonds is 2. The minimum absolute atomic E-state index is 0.0761. The van der Waals surface area contributed by atoms with Gasteiger partial charge in [0.25, 0.3) is 5.91 Å². The Morgan fingerprint density at radius 1 is 1.42 bits per heavy atom. The molecule has 0 spiro atoms. The van der Waals surface area contributed by atoms with E-state index in [0.717, 1.165) is 5.69 Å². The Morgan fingerprint density at radius 3 is 2.63 bits per heavy atom. The van der Waals surface area contributed by atoms with Crippen molar-refractivity contribution in [1.82, 2.24) is 14.8 Å². The highest BCUT2D eigenvalue weighted by Gasteiger charge is 2.36. The van der Waals surface area contributed by atoms with Gasteiger partial charge in [0.05, 0.1) is 0 Å². The van der Waals surface area contributed by atoms with Crippen molar-refractivity contribution in [2.24, 2.45) is 7.05 Å². The van der Waals surface area contributed by atoms with E-state index in [0.29, 0.717) is 12.1 Å². The van der Waals surface area contributed by atoms with Crippen LogP contribution in [0.25, 0.3) is 0 Å². The fourth-order valence-electron chi connectivity index (χ4n) is 2.26. The quantitative estimate of drug-likeness (QED) is 0.775. The lowest BCUT2D eigenvalue weighted by atomic mass is 10.1. The van der Waals surface area contributed by atoms with Gasteiger partial charge in [-0.1, -0.05) is 6.92 Å². The summed E-state index contributed by atoms with van der Waals surface area (Å²) in [6, 6.07) is 2.96. The zero-order valence-corrected chi connectivity index (χ0v) is 11.3. The molecular formula is C13H17N3O3. The van der Waals surface area contributed by atoms with E-state index >= 15 is 0 Å². The van der Waals surface area contributed by atoms with Crippen LogP contribution in [0.4, 0.5) is 0 Å². The number of piperazine rings is 1. The topological polar surface area (TPSA) is 71.4 Å². The van der Waals surface area contributed by atoms with Crippen molar-refractivity contribution in [1.29, 1.82) is 0 Å². The SMILES string of the molecule is CCC1C(=O)NC(=O)CN1C(=O)c1ccc(C)n1C. The highest BCUT2D eigenvalue weighted by molar-refractivity contribution is 6.06. The molecule has 6 nitrogen and oxygen atoms in total. The number of aromatic nitrogens is 1. The number of hydrogen-bond donors (Lipinski definition) is 1. The van der Waals surface area contributed by atoms with E-state index < -0.39 is 17.9 Å². The van der Waals surface area contributed by atoms with E-state index in [1.54, 1.807) is 17.7 Å². The molecule has 0 aliphatic carbocycles. The van der Waals surface area contributed by atoms with Crippen LogP contribution in [-0.4, -0.2) is 39.8 Å². The van der Waals surface area contributed by atoms with Crippen molar-refractivity contribution in [3.8, 4) is 0 Å². The number of nitrogens with zero attached hydrogens (tertiary/aromatic N) is 2. The summed E-state index contributed by atoms with van der Waals surface area (Å²) < 4.78 is 1.76. The van der Waals surface area contributed by atoms with Gasteiger partial charge in [-0.25, -0.2) is 0 Å². The van der Waals surface area contributed by atoms with Gasteiger partial charge in [0.2, 0.25) is 11.8 Å². The lowest BCUT2D eigenvalue weighted by molar-refractivity contribution is -0.138. The van der Waals surface area contributed by atoms with Crippen LogP contribution in [-0.2, 0) is 16.6 Å². The molecule has 0 bridgehead atoms. The van der Waals surface area contributed by atoms with E-state index in [4.69, 9.17) is 0 Å². The van der Waals surface area contributed by atoms with Crippen LogP contribution in [0.15, 0.2) is 12.1 Å². The average Bonchev–Trinajstić information content (AvgIpc) is 2.68. The molecule has 0 radical (unpaired) electrons. The van der Waals surface area contributed by atoms with E-state index in [1.165, 1.54) is 4.90 Å². The minimum atomic E-state index is -0.583. The summed E-state index contributed by atoms with van der Waals surface area (Å²) in [7, 11) is 1.79. The van der Waals surface area contributed by atoms with Gasteiger partial charge >= 0.3 is 0 Å². The van der Waals surface area contributed by atoms with Crippen molar-refractivity contribution in [2.45, 2.75) is 26.3 Å². The molecule has 1 atom stereocenters. The molecule has 1 saturated heterocycles. The van der Waals surface area contributed by atoms with Crippen LogP contribution in [0.1, 0.15) is 29.5 Å². The van der Waals surface area contributed by atoms with Crippen LogP contribution in [0.2, 0.25) is 0 Å². The monoisotopic (exact) mass is 263 g/mol. The fraction of sp³-hybridized carbons (Fsp3) is 0.462. The first-order valence-electron chi connectivity index (χ1n) is 6.22. The Morgan fingerprint density at radius 2 is 2.11 bits per heavy atom. The highest BCUT2D eigenvalue weighted by atomic mass is 16.2. The second kappa shape index (κ2) is 4.87. The number of aryl methyl sites for hydroxylation is 1. The van der Waals surface area contributed by atoms with Crippen molar-refractivity contribution in [2.75, 3.05) is 6.54 Å². The van der Waals surface area contributed by atoms with Crippen molar-refractivity contribution >= 4 is 17.7 Å². The van der Waals surface area contributed by atoms with Gasteiger partial charge in [-0.3, -0.25) is 19.7 Å². The first kappa shape index (κ1) is 13.3. The molecule has 2 rings (SSSR count). The smallest absolute Gasteiger partial charge is 0.271 e. The highest BCUT2D eigenvalue weighted by Crippen LogP contribution is 2.15. The second-order valence-electron chi connectivity index (χ2n) is 4.69. The number of amides is 3. The molecule has 3 amide bonds. The third-order valence-electron chi connectivity index (χ3n) is 3.49. The van der Waals surface area contributed by atoms with E-state index in [1.807, 2.05) is 19.9 Å². The lowest BCUT2D eigenvalue weighted by Gasteiger charge is -2.33. The van der Waals surface area contributed by atoms with E-state index in [-0.39, 0.29) is 12.5 Å². The predicted octanol–water partition coefficient (Wildman–Crippen LogP) is 0.211. The molecule has 19 heavy (non-hydrogen) atoms. The van der Waals surface area contributed by atoms with Crippen LogP contribution in [0.3, 0.4) is 0 Å². The Balaban J connectivity index is 2.33. The lowest BCUT2D eigenvalue weighted by Crippen LogP contribution is -2.59. The average molecular weight is 263 g/mol. The molecule has 1 aromatic rings. The van der Waals surface area contributed by atoms with Gasteiger partial charge in [0, 0.05) is 12.7 Å². The molecule has 1 fully saturated rings. The standard InChI is InChI=1S/C13H17N3O3/c1-4-9-12(18)14-11(17)7-16(9)13(19)10-6-5-8(2)15(10)3/h5-6,9H,4,7H2,1-3H3,(H,14,17,18). The third-order valence-corrected chi connectivity index (χ3v) is 3.49. The summed E-state index contributed by atoms with van der Waals surface area (Å²) in [5.41, 5.74) is 1.43. The molecule has 6 heteroatoms. The summed E-state index contributed by atoms with van der Waals surface area (Å²) in [6.45, 7) is 3.63. The maximum absolute atomic E-state index is 12.5. The Kier molecular flexibility index (Phi) is 3.42. The summed E-state index contributed by atoms with van der Waals surface area (Å²) in [5, 5.41) is 2.26.